The normalized spacial score (nSPS) is 13.7. The Hall–Kier alpha value is -2.44. The van der Waals surface area contributed by atoms with Crippen LogP contribution in [0, 0.1) is 24.2 Å². The summed E-state index contributed by atoms with van der Waals surface area (Å²) in [6, 6.07) is 6.15. The average Bonchev–Trinajstić information content (AvgIpc) is 2.59. The van der Waals surface area contributed by atoms with Crippen LogP contribution in [0.5, 0.6) is 0 Å². The van der Waals surface area contributed by atoms with Gasteiger partial charge in [0, 0.05) is 14.1 Å². The monoisotopic (exact) mass is 395 g/mol. The molecule has 0 fully saturated rings. The summed E-state index contributed by atoms with van der Waals surface area (Å²) >= 11 is 0. The Bertz CT molecular complexity index is 871. The number of rotatable bonds is 7. The molecule has 0 aliphatic heterocycles. The molecule has 0 spiro atoms. The molecular weight excluding hydrogens is 370 g/mol. The third-order valence-electron chi connectivity index (χ3n) is 4.33. The van der Waals surface area contributed by atoms with Crippen LogP contribution in [0.15, 0.2) is 23.1 Å². The second kappa shape index (κ2) is 8.50. The molecule has 9 heteroatoms. The van der Waals surface area contributed by atoms with Crippen LogP contribution >= 0.6 is 0 Å². The molecule has 0 saturated carbocycles. The Labute approximate surface area is 160 Å². The summed E-state index contributed by atoms with van der Waals surface area (Å²) in [7, 11) is -0.933. The number of hydrogen-bond donors (Lipinski definition) is 1. The molecule has 1 amide bonds. The maximum atomic E-state index is 12.3. The van der Waals surface area contributed by atoms with Crippen molar-refractivity contribution in [2.24, 2.45) is 5.92 Å². The topological polar surface area (TPSA) is 117 Å². The van der Waals surface area contributed by atoms with E-state index in [4.69, 9.17) is 4.74 Å². The molecule has 0 radical (unpaired) electrons. The van der Waals surface area contributed by atoms with E-state index < -0.39 is 34.0 Å². The van der Waals surface area contributed by atoms with Gasteiger partial charge >= 0.3 is 5.97 Å². The Morgan fingerprint density at radius 2 is 1.93 bits per heavy atom. The predicted octanol–water partition coefficient (Wildman–Crippen LogP) is 1.46. The highest BCUT2D eigenvalue weighted by Gasteiger charge is 2.30. The number of carbonyl (C=O) groups excluding carboxylic acids is 2. The van der Waals surface area contributed by atoms with Crippen LogP contribution in [0.25, 0.3) is 0 Å². The van der Waals surface area contributed by atoms with E-state index in [1.807, 2.05) is 6.07 Å². The minimum Gasteiger partial charge on any atom is -0.452 e. The van der Waals surface area contributed by atoms with Crippen LogP contribution in [0.1, 0.15) is 36.7 Å². The number of carbonyl (C=O) groups is 2. The van der Waals surface area contributed by atoms with Crippen molar-refractivity contribution in [1.29, 1.82) is 5.26 Å². The number of nitrogens with one attached hydrogen (secondary N) is 1. The van der Waals surface area contributed by atoms with Crippen LogP contribution in [0.2, 0.25) is 0 Å². The maximum Gasteiger partial charge on any atom is 0.338 e. The molecule has 0 heterocycles. The lowest BCUT2D eigenvalue weighted by Gasteiger charge is -2.27. The first-order valence-corrected chi connectivity index (χ1v) is 9.71. The van der Waals surface area contributed by atoms with Gasteiger partial charge in [0.25, 0.3) is 5.91 Å². The summed E-state index contributed by atoms with van der Waals surface area (Å²) in [6.07, 6.45) is 0. The first-order valence-electron chi connectivity index (χ1n) is 8.27. The van der Waals surface area contributed by atoms with Crippen molar-refractivity contribution in [1.82, 2.24) is 9.62 Å². The van der Waals surface area contributed by atoms with Crippen LogP contribution in [-0.2, 0) is 19.6 Å². The number of nitrogens with zero attached hydrogens (tertiary/aromatic N) is 2. The lowest BCUT2D eigenvalue weighted by atomic mass is 9.90. The number of esters is 1. The first kappa shape index (κ1) is 22.6. The molecule has 8 nitrogen and oxygen atoms in total. The number of aryl methyl sites for hydroxylation is 1. The molecule has 1 rings (SSSR count). The standard InChI is InChI=1S/C18H25N3O5S/c1-12(2)18(4,11-19)20-16(22)10-26-17(23)15-9-14(8-7-13(15)3)27(24,25)21(5)6/h7-9,12H,10H2,1-6H3,(H,20,22)/t18-/m0/s1. The lowest BCUT2D eigenvalue weighted by molar-refractivity contribution is -0.125. The maximum absolute atomic E-state index is 12.3. The molecule has 0 aliphatic rings. The molecule has 1 aromatic rings. The van der Waals surface area contributed by atoms with E-state index in [0.29, 0.717) is 5.56 Å². The van der Waals surface area contributed by atoms with Crippen molar-refractivity contribution >= 4 is 21.9 Å². The number of nitriles is 1. The number of sulfonamides is 1. The van der Waals surface area contributed by atoms with Crippen molar-refractivity contribution in [2.75, 3.05) is 20.7 Å². The van der Waals surface area contributed by atoms with E-state index >= 15 is 0 Å². The van der Waals surface area contributed by atoms with Crippen molar-refractivity contribution in [2.45, 2.75) is 38.1 Å². The molecular formula is C18H25N3O5S. The highest BCUT2D eigenvalue weighted by Crippen LogP contribution is 2.19. The second-order valence-electron chi connectivity index (χ2n) is 6.86. The molecule has 1 aromatic carbocycles. The van der Waals surface area contributed by atoms with Gasteiger partial charge in [-0.05, 0) is 37.5 Å². The lowest BCUT2D eigenvalue weighted by Crippen LogP contribution is -2.50. The molecule has 0 aromatic heterocycles. The Morgan fingerprint density at radius 3 is 2.41 bits per heavy atom. The van der Waals surface area contributed by atoms with Gasteiger partial charge in [-0.2, -0.15) is 5.26 Å². The van der Waals surface area contributed by atoms with Gasteiger partial charge in [0.15, 0.2) is 6.61 Å². The van der Waals surface area contributed by atoms with Crippen LogP contribution in [0.4, 0.5) is 0 Å². The molecule has 0 unspecified atom stereocenters. The van der Waals surface area contributed by atoms with Crippen LogP contribution < -0.4 is 5.32 Å². The summed E-state index contributed by atoms with van der Waals surface area (Å²) in [5, 5.41) is 11.7. The van der Waals surface area contributed by atoms with Gasteiger partial charge in [0.05, 0.1) is 16.5 Å². The molecule has 27 heavy (non-hydrogen) atoms. The highest BCUT2D eigenvalue weighted by molar-refractivity contribution is 7.89. The second-order valence-corrected chi connectivity index (χ2v) is 9.01. The van der Waals surface area contributed by atoms with Crippen molar-refractivity contribution in [3.63, 3.8) is 0 Å². The molecule has 1 N–H and O–H groups in total. The van der Waals surface area contributed by atoms with E-state index in [1.54, 1.807) is 27.7 Å². The van der Waals surface area contributed by atoms with Gasteiger partial charge in [-0.3, -0.25) is 4.79 Å². The van der Waals surface area contributed by atoms with E-state index in [-0.39, 0.29) is 16.4 Å². The van der Waals surface area contributed by atoms with E-state index in [9.17, 15) is 23.3 Å². The van der Waals surface area contributed by atoms with Gasteiger partial charge in [0.1, 0.15) is 5.54 Å². The molecule has 148 valence electrons. The summed E-state index contributed by atoms with van der Waals surface area (Å²) in [5.74, 6) is -1.57. The molecule has 0 aliphatic carbocycles. The minimum absolute atomic E-state index is 0.0497. The predicted molar refractivity (Wildman–Crippen MR) is 99.3 cm³/mol. The summed E-state index contributed by atoms with van der Waals surface area (Å²) in [4.78, 5) is 24.3. The number of amides is 1. The molecule has 1 atom stereocenters. The molecule has 0 bridgehead atoms. The zero-order chi connectivity index (χ0) is 21.0. The fourth-order valence-corrected chi connectivity index (χ4v) is 2.96. The highest BCUT2D eigenvalue weighted by atomic mass is 32.2. The van der Waals surface area contributed by atoms with Gasteiger partial charge < -0.3 is 10.1 Å². The van der Waals surface area contributed by atoms with E-state index in [2.05, 4.69) is 5.32 Å². The van der Waals surface area contributed by atoms with E-state index in [1.165, 1.54) is 32.3 Å². The minimum atomic E-state index is -3.71. The third kappa shape index (κ3) is 5.28. The fourth-order valence-electron chi connectivity index (χ4n) is 2.03. The average molecular weight is 395 g/mol. The fraction of sp³-hybridized carbons (Fsp3) is 0.500. The largest absolute Gasteiger partial charge is 0.452 e. The van der Waals surface area contributed by atoms with Gasteiger partial charge in [-0.25, -0.2) is 17.5 Å². The molecule has 0 saturated heterocycles. The Morgan fingerprint density at radius 1 is 1.33 bits per heavy atom. The zero-order valence-electron chi connectivity index (χ0n) is 16.4. The summed E-state index contributed by atoms with van der Waals surface area (Å²) in [5.41, 5.74) is -0.515. The first-order chi connectivity index (χ1) is 12.3. The van der Waals surface area contributed by atoms with Crippen molar-refractivity contribution in [3.05, 3.63) is 29.3 Å². The number of benzene rings is 1. The number of hydrogen-bond acceptors (Lipinski definition) is 6. The van der Waals surface area contributed by atoms with Crippen LogP contribution in [-0.4, -0.2) is 50.8 Å². The summed E-state index contributed by atoms with van der Waals surface area (Å²) < 4.78 is 30.5. The van der Waals surface area contributed by atoms with Gasteiger partial charge in [-0.1, -0.05) is 19.9 Å². The van der Waals surface area contributed by atoms with Gasteiger partial charge in [0.2, 0.25) is 10.0 Å². The van der Waals surface area contributed by atoms with Crippen molar-refractivity contribution in [3.8, 4) is 6.07 Å². The summed E-state index contributed by atoms with van der Waals surface area (Å²) in [6.45, 7) is 6.21. The third-order valence-corrected chi connectivity index (χ3v) is 6.14. The SMILES string of the molecule is Cc1ccc(S(=O)(=O)N(C)C)cc1C(=O)OCC(=O)N[C@@](C)(C#N)C(C)C. The van der Waals surface area contributed by atoms with E-state index in [0.717, 1.165) is 4.31 Å². The Kier molecular flexibility index (Phi) is 7.11. The quantitative estimate of drug-likeness (QED) is 0.699. The van der Waals surface area contributed by atoms with Crippen molar-refractivity contribution < 1.29 is 22.7 Å². The Balaban J connectivity index is 2.93. The smallest absolute Gasteiger partial charge is 0.338 e. The van der Waals surface area contributed by atoms with Crippen LogP contribution in [0.3, 0.4) is 0 Å². The van der Waals surface area contributed by atoms with Gasteiger partial charge in [-0.15, -0.1) is 0 Å². The zero-order valence-corrected chi connectivity index (χ0v) is 17.2. The number of ether oxygens (including phenoxy) is 1.